The first-order chi connectivity index (χ1) is 11.8. The molecule has 1 fully saturated rings. The van der Waals surface area contributed by atoms with Crippen molar-refractivity contribution < 1.29 is 14.4 Å². The Hall–Kier alpha value is -2.28. The van der Waals surface area contributed by atoms with Crippen molar-refractivity contribution in [1.29, 1.82) is 0 Å². The smallest absolute Gasteiger partial charge is 0.227 e. The average Bonchev–Trinajstić information content (AvgIpc) is 3.10. The first-order valence-electron chi connectivity index (χ1n) is 8.39. The molecule has 2 heterocycles. The molecule has 0 radical (unpaired) electrons. The minimum absolute atomic E-state index is 0.0380. The molecule has 0 saturated heterocycles. The average molecular weight is 330 g/mol. The van der Waals surface area contributed by atoms with Gasteiger partial charge >= 0.3 is 0 Å². The largest absolute Gasteiger partial charge is 0.396 e. The molecule has 1 saturated carbocycles. The van der Waals surface area contributed by atoms with Crippen LogP contribution in [0.25, 0.3) is 11.4 Å². The number of nitrogens with one attached hydrogen (secondary N) is 1. The molecule has 0 spiro atoms. The van der Waals surface area contributed by atoms with Gasteiger partial charge < -0.3 is 14.9 Å². The Kier molecular flexibility index (Phi) is 5.53. The molecule has 0 aliphatic heterocycles. The van der Waals surface area contributed by atoms with E-state index in [1.807, 2.05) is 0 Å². The number of rotatable bonds is 6. The van der Waals surface area contributed by atoms with Crippen LogP contribution in [0.4, 0.5) is 0 Å². The molecule has 2 atom stereocenters. The van der Waals surface area contributed by atoms with Crippen LogP contribution >= 0.6 is 0 Å². The standard InChI is InChI=1S/C17H22N4O3/c22-11-13-3-1-2-4-14(13)19-15(23)5-6-16-20-17(21-24-16)12-7-9-18-10-8-12/h7-10,13-14,22H,1-6,11H2,(H,19,23). The summed E-state index contributed by atoms with van der Waals surface area (Å²) in [5.74, 6) is 1.08. The number of hydrogen-bond donors (Lipinski definition) is 2. The van der Waals surface area contributed by atoms with Crippen molar-refractivity contribution in [3.63, 3.8) is 0 Å². The van der Waals surface area contributed by atoms with Crippen LogP contribution < -0.4 is 5.32 Å². The highest BCUT2D eigenvalue weighted by molar-refractivity contribution is 5.76. The predicted molar refractivity (Wildman–Crippen MR) is 86.8 cm³/mol. The molecule has 128 valence electrons. The Bertz CT molecular complexity index is 659. The topological polar surface area (TPSA) is 101 Å². The number of hydrogen-bond acceptors (Lipinski definition) is 6. The second-order valence-corrected chi connectivity index (χ2v) is 6.15. The quantitative estimate of drug-likeness (QED) is 0.836. The Morgan fingerprint density at radius 3 is 2.88 bits per heavy atom. The number of carbonyl (C=O) groups is 1. The maximum Gasteiger partial charge on any atom is 0.227 e. The molecule has 0 aromatic carbocycles. The highest BCUT2D eigenvalue weighted by Crippen LogP contribution is 2.24. The van der Waals surface area contributed by atoms with Gasteiger partial charge in [0.2, 0.25) is 17.6 Å². The third kappa shape index (κ3) is 4.17. The molecule has 24 heavy (non-hydrogen) atoms. The fraction of sp³-hybridized carbons (Fsp3) is 0.529. The fourth-order valence-corrected chi connectivity index (χ4v) is 3.09. The molecule has 1 aliphatic rings. The van der Waals surface area contributed by atoms with Crippen molar-refractivity contribution in [2.45, 2.75) is 44.6 Å². The summed E-state index contributed by atoms with van der Waals surface area (Å²) in [4.78, 5) is 20.4. The van der Waals surface area contributed by atoms with E-state index in [1.165, 1.54) is 0 Å². The summed E-state index contributed by atoms with van der Waals surface area (Å²) in [5, 5.41) is 16.4. The highest BCUT2D eigenvalue weighted by Gasteiger charge is 2.25. The Morgan fingerprint density at radius 2 is 2.08 bits per heavy atom. The highest BCUT2D eigenvalue weighted by atomic mass is 16.5. The number of amides is 1. The van der Waals surface area contributed by atoms with Crippen LogP contribution in [-0.4, -0.2) is 38.8 Å². The molecule has 2 N–H and O–H groups in total. The molecule has 2 aromatic rings. The van der Waals surface area contributed by atoms with Crippen molar-refractivity contribution in [3.8, 4) is 11.4 Å². The zero-order valence-corrected chi connectivity index (χ0v) is 13.5. The lowest BCUT2D eigenvalue weighted by molar-refractivity contribution is -0.122. The van der Waals surface area contributed by atoms with Crippen LogP contribution in [0.1, 0.15) is 38.0 Å². The molecule has 7 heteroatoms. The lowest BCUT2D eigenvalue weighted by Gasteiger charge is -2.30. The van der Waals surface area contributed by atoms with E-state index in [4.69, 9.17) is 4.52 Å². The van der Waals surface area contributed by atoms with Gasteiger partial charge in [-0.2, -0.15) is 4.98 Å². The van der Waals surface area contributed by atoms with Crippen molar-refractivity contribution in [2.24, 2.45) is 5.92 Å². The molecule has 1 aliphatic carbocycles. The first kappa shape index (κ1) is 16.6. The van der Waals surface area contributed by atoms with Crippen LogP contribution in [0.15, 0.2) is 29.0 Å². The van der Waals surface area contributed by atoms with Crippen molar-refractivity contribution in [2.75, 3.05) is 6.61 Å². The Morgan fingerprint density at radius 1 is 1.29 bits per heavy atom. The van der Waals surface area contributed by atoms with Crippen molar-refractivity contribution >= 4 is 5.91 Å². The third-order valence-electron chi connectivity index (χ3n) is 4.46. The zero-order valence-electron chi connectivity index (χ0n) is 13.5. The van der Waals surface area contributed by atoms with E-state index in [-0.39, 0.29) is 24.5 Å². The lowest BCUT2D eigenvalue weighted by atomic mass is 9.85. The monoisotopic (exact) mass is 330 g/mol. The lowest BCUT2D eigenvalue weighted by Crippen LogP contribution is -2.43. The van der Waals surface area contributed by atoms with Crippen LogP contribution in [0.5, 0.6) is 0 Å². The number of aliphatic hydroxyl groups is 1. The molecule has 2 unspecified atom stereocenters. The van der Waals surface area contributed by atoms with E-state index >= 15 is 0 Å². The summed E-state index contributed by atoms with van der Waals surface area (Å²) in [6.45, 7) is 0.129. The van der Waals surface area contributed by atoms with E-state index < -0.39 is 0 Å². The summed E-state index contributed by atoms with van der Waals surface area (Å²) in [6.07, 6.45) is 8.16. The molecule has 1 amide bonds. The number of pyridine rings is 1. The number of carbonyl (C=O) groups excluding carboxylic acids is 1. The van der Waals surface area contributed by atoms with Gasteiger partial charge in [0.25, 0.3) is 0 Å². The van der Waals surface area contributed by atoms with Crippen molar-refractivity contribution in [1.82, 2.24) is 20.4 Å². The maximum atomic E-state index is 12.1. The molecular formula is C17H22N4O3. The van der Waals surface area contributed by atoms with Crippen LogP contribution in [0, 0.1) is 5.92 Å². The van der Waals surface area contributed by atoms with Gasteiger partial charge in [-0.05, 0) is 25.0 Å². The molecule has 0 bridgehead atoms. The zero-order chi connectivity index (χ0) is 16.8. The van der Waals surface area contributed by atoms with Gasteiger partial charge in [-0.3, -0.25) is 9.78 Å². The van der Waals surface area contributed by atoms with Gasteiger partial charge in [0, 0.05) is 49.4 Å². The molecule has 7 nitrogen and oxygen atoms in total. The number of aromatic nitrogens is 3. The summed E-state index contributed by atoms with van der Waals surface area (Å²) >= 11 is 0. The van der Waals surface area contributed by atoms with Gasteiger partial charge in [-0.15, -0.1) is 0 Å². The van der Waals surface area contributed by atoms with E-state index in [0.29, 0.717) is 24.6 Å². The van der Waals surface area contributed by atoms with Gasteiger partial charge in [0.15, 0.2) is 0 Å². The maximum absolute atomic E-state index is 12.1. The normalized spacial score (nSPS) is 20.7. The minimum atomic E-state index is -0.0380. The van der Waals surface area contributed by atoms with Crippen LogP contribution in [-0.2, 0) is 11.2 Å². The summed E-state index contributed by atoms with van der Waals surface area (Å²) < 4.78 is 5.20. The van der Waals surface area contributed by atoms with E-state index in [9.17, 15) is 9.90 Å². The van der Waals surface area contributed by atoms with Gasteiger partial charge in [0.05, 0.1) is 0 Å². The van der Waals surface area contributed by atoms with Gasteiger partial charge in [0.1, 0.15) is 0 Å². The number of nitrogens with zero attached hydrogens (tertiary/aromatic N) is 3. The number of aryl methyl sites for hydroxylation is 1. The second kappa shape index (κ2) is 8.01. The Balaban J connectivity index is 1.50. The van der Waals surface area contributed by atoms with Crippen LogP contribution in [0.2, 0.25) is 0 Å². The van der Waals surface area contributed by atoms with E-state index in [2.05, 4.69) is 20.4 Å². The summed E-state index contributed by atoms with van der Waals surface area (Å²) in [5.41, 5.74) is 0.831. The number of aliphatic hydroxyl groups excluding tert-OH is 1. The van der Waals surface area contributed by atoms with Gasteiger partial charge in [-0.25, -0.2) is 0 Å². The van der Waals surface area contributed by atoms with E-state index in [1.54, 1.807) is 24.5 Å². The Labute approximate surface area is 140 Å². The molecule has 3 rings (SSSR count). The minimum Gasteiger partial charge on any atom is -0.396 e. The van der Waals surface area contributed by atoms with Gasteiger partial charge in [-0.1, -0.05) is 18.0 Å². The SMILES string of the molecule is O=C(CCc1nc(-c2ccncc2)no1)NC1CCCCC1CO. The van der Waals surface area contributed by atoms with Crippen LogP contribution in [0.3, 0.4) is 0 Å². The summed E-state index contributed by atoms with van der Waals surface area (Å²) in [6, 6.07) is 3.69. The fourth-order valence-electron chi connectivity index (χ4n) is 3.09. The summed E-state index contributed by atoms with van der Waals surface area (Å²) in [7, 11) is 0. The van der Waals surface area contributed by atoms with E-state index in [0.717, 1.165) is 31.2 Å². The first-order valence-corrected chi connectivity index (χ1v) is 8.39. The molecule has 2 aromatic heterocycles. The predicted octanol–water partition coefficient (Wildman–Crippen LogP) is 1.73. The van der Waals surface area contributed by atoms with Crippen molar-refractivity contribution in [3.05, 3.63) is 30.4 Å². The second-order valence-electron chi connectivity index (χ2n) is 6.15. The molecular weight excluding hydrogens is 308 g/mol. The third-order valence-corrected chi connectivity index (χ3v) is 4.46.